The predicted molar refractivity (Wildman–Crippen MR) is 41.4 cm³/mol. The Balaban J connectivity index is 2.37. The average molecular weight is 122 g/mol. The first-order valence-corrected chi connectivity index (χ1v) is 3.68. The first-order chi connectivity index (χ1) is 4.33. The first kappa shape index (κ1) is 6.60. The molecule has 1 rings (SSSR count). The molecule has 0 aromatic rings. The smallest absolute Gasteiger partial charge is 0.0280 e. The Hall–Kier alpha value is -0.520. The summed E-state index contributed by atoms with van der Waals surface area (Å²) in [5.41, 5.74) is 3.09. The lowest BCUT2D eigenvalue weighted by atomic mass is 10.2. The van der Waals surface area contributed by atoms with Crippen molar-refractivity contribution in [2.75, 3.05) is 0 Å². The number of rotatable bonds is 2. The standard InChI is InChI=1S/C9H14/c1-3-8(2)4-5-9-6-7-9/h4-5H,3,6-7H2,1-2H3. The zero-order chi connectivity index (χ0) is 6.69. The summed E-state index contributed by atoms with van der Waals surface area (Å²) < 4.78 is 0. The minimum absolute atomic E-state index is 1.18. The van der Waals surface area contributed by atoms with E-state index in [0.29, 0.717) is 0 Å². The van der Waals surface area contributed by atoms with Crippen molar-refractivity contribution in [3.8, 4) is 0 Å². The van der Waals surface area contributed by atoms with Crippen molar-refractivity contribution in [1.29, 1.82) is 0 Å². The monoisotopic (exact) mass is 122 g/mol. The summed E-state index contributed by atoms with van der Waals surface area (Å²) in [6.07, 6.45) is 8.37. The van der Waals surface area contributed by atoms with Gasteiger partial charge >= 0.3 is 0 Å². The van der Waals surface area contributed by atoms with E-state index in [1.54, 1.807) is 5.57 Å². The van der Waals surface area contributed by atoms with Gasteiger partial charge in [0, 0.05) is 0 Å². The van der Waals surface area contributed by atoms with Crippen molar-refractivity contribution in [3.63, 3.8) is 0 Å². The molecule has 0 aromatic heterocycles. The van der Waals surface area contributed by atoms with Gasteiger partial charge in [-0.2, -0.15) is 0 Å². The van der Waals surface area contributed by atoms with E-state index in [4.69, 9.17) is 0 Å². The van der Waals surface area contributed by atoms with E-state index in [9.17, 15) is 0 Å². The summed E-state index contributed by atoms with van der Waals surface area (Å²) >= 11 is 0. The second-order valence-corrected chi connectivity index (χ2v) is 2.69. The Morgan fingerprint density at radius 1 is 1.56 bits per heavy atom. The van der Waals surface area contributed by atoms with E-state index < -0.39 is 0 Å². The van der Waals surface area contributed by atoms with Crippen LogP contribution in [0.15, 0.2) is 23.3 Å². The Labute approximate surface area is 57.3 Å². The van der Waals surface area contributed by atoms with Crippen molar-refractivity contribution in [3.05, 3.63) is 23.3 Å². The maximum atomic E-state index is 2.26. The quantitative estimate of drug-likeness (QED) is 0.528. The minimum Gasteiger partial charge on any atom is -0.0736 e. The summed E-state index contributed by atoms with van der Waals surface area (Å²) in [6, 6.07) is 0. The maximum absolute atomic E-state index is 2.26. The molecule has 0 unspecified atom stereocenters. The Kier molecular flexibility index (Phi) is 2.10. The van der Waals surface area contributed by atoms with Crippen LogP contribution in [-0.4, -0.2) is 0 Å². The number of hydrogen-bond acceptors (Lipinski definition) is 0. The van der Waals surface area contributed by atoms with Crippen molar-refractivity contribution >= 4 is 0 Å². The highest BCUT2D eigenvalue weighted by Gasteiger charge is 2.07. The van der Waals surface area contributed by atoms with Crippen molar-refractivity contribution < 1.29 is 0 Å². The molecule has 0 aromatic carbocycles. The molecule has 50 valence electrons. The summed E-state index contributed by atoms with van der Waals surface area (Å²) in [6.45, 7) is 4.37. The zero-order valence-electron chi connectivity index (χ0n) is 6.28. The van der Waals surface area contributed by atoms with Crippen LogP contribution in [0.5, 0.6) is 0 Å². The molecular weight excluding hydrogens is 108 g/mol. The minimum atomic E-state index is 1.18. The van der Waals surface area contributed by atoms with Gasteiger partial charge in [-0.05, 0) is 26.2 Å². The molecule has 0 amide bonds. The SMILES string of the molecule is CCC(C)=CC=C1CC1. The fraction of sp³-hybridized carbons (Fsp3) is 0.556. The normalized spacial score (nSPS) is 18.0. The highest BCUT2D eigenvalue weighted by Crippen LogP contribution is 2.27. The van der Waals surface area contributed by atoms with Gasteiger partial charge in [0.05, 0.1) is 0 Å². The van der Waals surface area contributed by atoms with Crippen LogP contribution in [0.25, 0.3) is 0 Å². The topological polar surface area (TPSA) is 0 Å². The molecule has 0 nitrogen and oxygen atoms in total. The molecule has 0 saturated heterocycles. The highest BCUT2D eigenvalue weighted by molar-refractivity contribution is 5.24. The Bertz CT molecular complexity index is 143. The van der Waals surface area contributed by atoms with Crippen LogP contribution in [0.4, 0.5) is 0 Å². The van der Waals surface area contributed by atoms with Gasteiger partial charge in [-0.25, -0.2) is 0 Å². The third-order valence-corrected chi connectivity index (χ3v) is 1.70. The van der Waals surface area contributed by atoms with Crippen LogP contribution in [0.3, 0.4) is 0 Å². The molecule has 1 aliphatic carbocycles. The van der Waals surface area contributed by atoms with Crippen LogP contribution >= 0.6 is 0 Å². The average Bonchev–Trinajstić information content (AvgIpc) is 2.65. The van der Waals surface area contributed by atoms with Crippen molar-refractivity contribution in [1.82, 2.24) is 0 Å². The van der Waals surface area contributed by atoms with Gasteiger partial charge in [-0.1, -0.05) is 30.2 Å². The fourth-order valence-electron chi connectivity index (χ4n) is 0.617. The molecular formula is C9H14. The molecule has 0 spiro atoms. The van der Waals surface area contributed by atoms with Gasteiger partial charge in [0.25, 0.3) is 0 Å². The summed E-state index contributed by atoms with van der Waals surface area (Å²) in [7, 11) is 0. The molecule has 1 aliphatic rings. The van der Waals surface area contributed by atoms with Gasteiger partial charge in [0.1, 0.15) is 0 Å². The Morgan fingerprint density at radius 3 is 2.67 bits per heavy atom. The second-order valence-electron chi connectivity index (χ2n) is 2.69. The molecule has 0 radical (unpaired) electrons. The van der Waals surface area contributed by atoms with Crippen LogP contribution in [0.1, 0.15) is 33.1 Å². The lowest BCUT2D eigenvalue weighted by Crippen LogP contribution is -1.66. The van der Waals surface area contributed by atoms with E-state index in [1.807, 2.05) is 0 Å². The van der Waals surface area contributed by atoms with Gasteiger partial charge in [0.15, 0.2) is 0 Å². The Morgan fingerprint density at radius 2 is 2.22 bits per heavy atom. The number of allylic oxidation sites excluding steroid dienone is 4. The molecule has 0 heterocycles. The van der Waals surface area contributed by atoms with Crippen LogP contribution in [-0.2, 0) is 0 Å². The molecule has 0 heteroatoms. The lowest BCUT2D eigenvalue weighted by molar-refractivity contribution is 1.10. The van der Waals surface area contributed by atoms with Crippen molar-refractivity contribution in [2.45, 2.75) is 33.1 Å². The molecule has 1 fully saturated rings. The fourth-order valence-corrected chi connectivity index (χ4v) is 0.617. The molecule has 0 atom stereocenters. The lowest BCUT2D eigenvalue weighted by Gasteiger charge is -1.87. The van der Waals surface area contributed by atoms with Crippen LogP contribution in [0.2, 0.25) is 0 Å². The molecule has 0 N–H and O–H groups in total. The van der Waals surface area contributed by atoms with E-state index in [-0.39, 0.29) is 0 Å². The van der Waals surface area contributed by atoms with Gasteiger partial charge in [0.2, 0.25) is 0 Å². The number of hydrogen-bond donors (Lipinski definition) is 0. The largest absolute Gasteiger partial charge is 0.0736 e. The molecule has 0 aliphatic heterocycles. The zero-order valence-corrected chi connectivity index (χ0v) is 6.28. The highest BCUT2D eigenvalue weighted by atomic mass is 14.1. The molecule has 1 saturated carbocycles. The molecule has 9 heavy (non-hydrogen) atoms. The van der Waals surface area contributed by atoms with E-state index in [0.717, 1.165) is 0 Å². The maximum Gasteiger partial charge on any atom is -0.0280 e. The summed E-state index contributed by atoms with van der Waals surface area (Å²) in [5.74, 6) is 0. The van der Waals surface area contributed by atoms with Gasteiger partial charge in [-0.3, -0.25) is 0 Å². The van der Waals surface area contributed by atoms with Gasteiger partial charge < -0.3 is 0 Å². The van der Waals surface area contributed by atoms with E-state index in [2.05, 4.69) is 26.0 Å². The van der Waals surface area contributed by atoms with Gasteiger partial charge in [-0.15, -0.1) is 0 Å². The first-order valence-electron chi connectivity index (χ1n) is 3.68. The third-order valence-electron chi connectivity index (χ3n) is 1.70. The van der Waals surface area contributed by atoms with E-state index >= 15 is 0 Å². The summed E-state index contributed by atoms with van der Waals surface area (Å²) in [5, 5.41) is 0. The van der Waals surface area contributed by atoms with Crippen molar-refractivity contribution in [2.24, 2.45) is 0 Å². The molecule has 0 bridgehead atoms. The second kappa shape index (κ2) is 2.86. The predicted octanol–water partition coefficient (Wildman–Crippen LogP) is 3.06. The van der Waals surface area contributed by atoms with E-state index in [1.165, 1.54) is 24.8 Å². The van der Waals surface area contributed by atoms with Crippen LogP contribution in [0, 0.1) is 0 Å². The summed E-state index contributed by atoms with van der Waals surface area (Å²) in [4.78, 5) is 0. The third kappa shape index (κ3) is 2.50. The van der Waals surface area contributed by atoms with Crippen LogP contribution < -0.4 is 0 Å².